The maximum atomic E-state index is 12.3. The highest BCUT2D eigenvalue weighted by molar-refractivity contribution is 6.30. The number of amides is 1. The molecule has 0 unspecified atom stereocenters. The third kappa shape index (κ3) is 7.49. The minimum atomic E-state index is -0.585. The molecule has 176 valence electrons. The van der Waals surface area contributed by atoms with Crippen molar-refractivity contribution in [2.24, 2.45) is 0 Å². The molecule has 3 aromatic rings. The number of carbonyl (C=O) groups is 2. The number of aryl methyl sites for hydroxylation is 2. The quantitative estimate of drug-likeness (QED) is 0.277. The number of hydrogen-bond donors (Lipinski definition) is 1. The summed E-state index contributed by atoms with van der Waals surface area (Å²) in [5.74, 6) is -0.234. The predicted octanol–water partition coefficient (Wildman–Crippen LogP) is 6.24. The molecule has 1 N–H and O–H groups in total. The van der Waals surface area contributed by atoms with Crippen LogP contribution < -0.4 is 10.1 Å². The lowest BCUT2D eigenvalue weighted by Gasteiger charge is -2.14. The second kappa shape index (κ2) is 12.6. The fourth-order valence-corrected chi connectivity index (χ4v) is 3.48. The zero-order valence-electron chi connectivity index (χ0n) is 19.3. The van der Waals surface area contributed by atoms with Crippen LogP contribution in [0, 0.1) is 0 Å². The van der Waals surface area contributed by atoms with E-state index >= 15 is 0 Å². The summed E-state index contributed by atoms with van der Waals surface area (Å²) in [5, 5.41) is 3.57. The Morgan fingerprint density at radius 3 is 2.18 bits per heavy atom. The second-order valence-electron chi connectivity index (χ2n) is 7.63. The zero-order chi connectivity index (χ0) is 24.3. The number of ether oxygens (including phenoxy) is 2. The van der Waals surface area contributed by atoms with Crippen molar-refractivity contribution >= 4 is 35.2 Å². The van der Waals surface area contributed by atoms with Crippen molar-refractivity contribution in [1.29, 1.82) is 0 Å². The average Bonchev–Trinajstić information content (AvgIpc) is 2.86. The van der Waals surface area contributed by atoms with E-state index in [4.69, 9.17) is 21.1 Å². The van der Waals surface area contributed by atoms with E-state index in [0.717, 1.165) is 40.8 Å². The Bertz CT molecular complexity index is 1120. The lowest BCUT2D eigenvalue weighted by atomic mass is 10.0. The fraction of sp³-hybridized carbons (Fsp3) is 0.214. The fourth-order valence-electron chi connectivity index (χ4n) is 3.35. The van der Waals surface area contributed by atoms with E-state index in [2.05, 4.69) is 5.32 Å². The van der Waals surface area contributed by atoms with Crippen molar-refractivity contribution in [3.63, 3.8) is 0 Å². The molecule has 0 bridgehead atoms. The van der Waals surface area contributed by atoms with Gasteiger partial charge < -0.3 is 14.8 Å². The van der Waals surface area contributed by atoms with Crippen LogP contribution in [0.15, 0.2) is 72.8 Å². The van der Waals surface area contributed by atoms with Crippen molar-refractivity contribution in [3.8, 4) is 5.75 Å². The van der Waals surface area contributed by atoms with E-state index in [9.17, 15) is 9.59 Å². The summed E-state index contributed by atoms with van der Waals surface area (Å²) >= 11 is 5.89. The van der Waals surface area contributed by atoms with Crippen molar-refractivity contribution in [1.82, 2.24) is 0 Å². The van der Waals surface area contributed by atoms with Crippen LogP contribution in [0.3, 0.4) is 0 Å². The number of halogens is 1. The molecule has 6 heteroatoms. The molecule has 1 amide bonds. The van der Waals surface area contributed by atoms with E-state index in [1.807, 2.05) is 80.6 Å². The van der Waals surface area contributed by atoms with Gasteiger partial charge >= 0.3 is 5.97 Å². The van der Waals surface area contributed by atoms with Gasteiger partial charge in [-0.05, 0) is 65.4 Å². The number of hydrogen-bond acceptors (Lipinski definition) is 4. The molecule has 0 aromatic heterocycles. The van der Waals surface area contributed by atoms with Crippen LogP contribution in [-0.2, 0) is 33.8 Å². The molecule has 3 rings (SSSR count). The first-order valence-corrected chi connectivity index (χ1v) is 11.6. The molecule has 0 saturated heterocycles. The largest absolute Gasteiger partial charge is 0.489 e. The van der Waals surface area contributed by atoms with Crippen LogP contribution in [0.5, 0.6) is 5.75 Å². The first kappa shape index (κ1) is 25.1. The van der Waals surface area contributed by atoms with Crippen molar-refractivity contribution < 1.29 is 19.1 Å². The third-order valence-electron chi connectivity index (χ3n) is 5.22. The Balaban J connectivity index is 1.46. The van der Waals surface area contributed by atoms with Gasteiger partial charge in [-0.3, -0.25) is 4.79 Å². The van der Waals surface area contributed by atoms with Crippen LogP contribution >= 0.6 is 11.6 Å². The Morgan fingerprint density at radius 1 is 0.912 bits per heavy atom. The monoisotopic (exact) mass is 477 g/mol. The zero-order valence-corrected chi connectivity index (χ0v) is 20.1. The van der Waals surface area contributed by atoms with E-state index in [1.54, 1.807) is 6.08 Å². The van der Waals surface area contributed by atoms with Gasteiger partial charge in [0.1, 0.15) is 12.4 Å². The summed E-state index contributed by atoms with van der Waals surface area (Å²) in [6.45, 7) is 4.16. The predicted molar refractivity (Wildman–Crippen MR) is 136 cm³/mol. The number of carbonyl (C=O) groups excluding carboxylic acids is 2. The topological polar surface area (TPSA) is 64.6 Å². The van der Waals surface area contributed by atoms with Crippen molar-refractivity contribution in [2.45, 2.75) is 33.3 Å². The Labute approximate surface area is 205 Å². The van der Waals surface area contributed by atoms with Crippen molar-refractivity contribution in [2.75, 3.05) is 11.9 Å². The van der Waals surface area contributed by atoms with Crippen LogP contribution in [0.1, 0.15) is 36.1 Å². The van der Waals surface area contributed by atoms with Gasteiger partial charge in [-0.25, -0.2) is 4.79 Å². The number of para-hydroxylation sites is 1. The van der Waals surface area contributed by atoms with E-state index in [-0.39, 0.29) is 12.5 Å². The van der Waals surface area contributed by atoms with Gasteiger partial charge in [-0.2, -0.15) is 0 Å². The summed E-state index contributed by atoms with van der Waals surface area (Å²) in [5.41, 5.74) is 4.75. The molecule has 0 aliphatic carbocycles. The molecular formula is C28H28ClNO4. The number of esters is 1. The molecule has 3 aromatic carbocycles. The molecule has 34 heavy (non-hydrogen) atoms. The smallest absolute Gasteiger partial charge is 0.331 e. The SMILES string of the molecule is CCc1cccc(CC)c1NC(=O)COC(=O)/C=C/c1ccc(OCc2ccc(Cl)cc2)cc1. The maximum Gasteiger partial charge on any atom is 0.331 e. The van der Waals surface area contributed by atoms with Gasteiger partial charge in [0.15, 0.2) is 6.61 Å². The van der Waals surface area contributed by atoms with Gasteiger partial charge in [-0.1, -0.05) is 67.9 Å². The highest BCUT2D eigenvalue weighted by Gasteiger charge is 2.11. The number of nitrogens with one attached hydrogen (secondary N) is 1. The summed E-state index contributed by atoms with van der Waals surface area (Å²) < 4.78 is 10.8. The number of anilines is 1. The summed E-state index contributed by atoms with van der Waals surface area (Å²) in [7, 11) is 0. The molecule has 0 aliphatic rings. The summed E-state index contributed by atoms with van der Waals surface area (Å²) in [4.78, 5) is 24.4. The van der Waals surface area contributed by atoms with Crippen molar-refractivity contribution in [3.05, 3.63) is 100 Å². The second-order valence-corrected chi connectivity index (χ2v) is 8.07. The molecule has 0 spiro atoms. The highest BCUT2D eigenvalue weighted by Crippen LogP contribution is 2.22. The van der Waals surface area contributed by atoms with Gasteiger partial charge in [-0.15, -0.1) is 0 Å². The molecule has 0 fully saturated rings. The standard InChI is InChI=1S/C28H28ClNO4/c1-3-22-6-5-7-23(4-2)28(22)30-26(31)19-34-27(32)17-12-20-10-15-25(16-11-20)33-18-21-8-13-24(29)14-9-21/h5-17H,3-4,18-19H2,1-2H3,(H,30,31)/b17-12+. The molecule has 5 nitrogen and oxygen atoms in total. The van der Waals surface area contributed by atoms with E-state index in [0.29, 0.717) is 17.4 Å². The molecule has 0 heterocycles. The first-order valence-electron chi connectivity index (χ1n) is 11.2. The van der Waals surface area contributed by atoms with Crippen LogP contribution in [-0.4, -0.2) is 18.5 Å². The van der Waals surface area contributed by atoms with Crippen LogP contribution in [0.2, 0.25) is 5.02 Å². The van der Waals surface area contributed by atoms with Gasteiger partial charge in [0, 0.05) is 16.8 Å². The summed E-state index contributed by atoms with van der Waals surface area (Å²) in [6.07, 6.45) is 4.53. The maximum absolute atomic E-state index is 12.3. The minimum absolute atomic E-state index is 0.345. The normalized spacial score (nSPS) is 10.8. The molecule has 0 aliphatic heterocycles. The molecule has 0 radical (unpaired) electrons. The van der Waals surface area contributed by atoms with Gasteiger partial charge in [0.25, 0.3) is 5.91 Å². The first-order chi connectivity index (χ1) is 16.5. The number of rotatable bonds is 10. The third-order valence-corrected chi connectivity index (χ3v) is 5.47. The molecule has 0 saturated carbocycles. The van der Waals surface area contributed by atoms with E-state index in [1.165, 1.54) is 6.08 Å². The Hall–Kier alpha value is -3.57. The summed E-state index contributed by atoms with van der Waals surface area (Å²) in [6, 6.07) is 20.7. The molecule has 0 atom stereocenters. The lowest BCUT2D eigenvalue weighted by Crippen LogP contribution is -2.21. The Kier molecular flexibility index (Phi) is 9.30. The lowest BCUT2D eigenvalue weighted by molar-refractivity contribution is -0.142. The van der Waals surface area contributed by atoms with Gasteiger partial charge in [0.05, 0.1) is 0 Å². The van der Waals surface area contributed by atoms with Crippen LogP contribution in [0.4, 0.5) is 5.69 Å². The Morgan fingerprint density at radius 2 is 1.56 bits per heavy atom. The average molecular weight is 478 g/mol. The minimum Gasteiger partial charge on any atom is -0.489 e. The molecular weight excluding hydrogens is 450 g/mol. The van der Waals surface area contributed by atoms with Gasteiger partial charge in [0.2, 0.25) is 0 Å². The highest BCUT2D eigenvalue weighted by atomic mass is 35.5. The number of benzene rings is 3. The van der Waals surface area contributed by atoms with Crippen LogP contribution in [0.25, 0.3) is 6.08 Å². The van der Waals surface area contributed by atoms with E-state index < -0.39 is 5.97 Å².